The number of aryl methyl sites for hydroxylation is 1. The molecule has 3 rings (SSSR count). The Morgan fingerprint density at radius 2 is 2.26 bits per heavy atom. The van der Waals surface area contributed by atoms with Crippen LogP contribution in [0, 0.1) is 12.8 Å². The van der Waals surface area contributed by atoms with Gasteiger partial charge in [-0.3, -0.25) is 9.78 Å². The van der Waals surface area contributed by atoms with Gasteiger partial charge in [0, 0.05) is 25.5 Å². The lowest BCUT2D eigenvalue weighted by atomic mass is 9.97. The minimum absolute atomic E-state index is 0.00402. The number of carbonyl (C=O) groups is 1. The van der Waals surface area contributed by atoms with E-state index in [0.29, 0.717) is 17.3 Å². The first-order valence-corrected chi connectivity index (χ1v) is 8.09. The van der Waals surface area contributed by atoms with Gasteiger partial charge in [0.05, 0.1) is 22.8 Å². The predicted molar refractivity (Wildman–Crippen MR) is 91.8 cm³/mol. The number of benzene rings is 1. The Kier molecular flexibility index (Phi) is 4.76. The molecule has 0 bridgehead atoms. The summed E-state index contributed by atoms with van der Waals surface area (Å²) in [7, 11) is 0. The summed E-state index contributed by atoms with van der Waals surface area (Å²) in [6.07, 6.45) is 6.88. The second-order valence-corrected chi connectivity index (χ2v) is 6.23. The largest absolute Gasteiger partial charge is 0.355 e. The number of aromatic nitrogens is 2. The first-order valence-electron chi connectivity index (χ1n) is 7.71. The Labute approximate surface area is 140 Å². The molecule has 1 atom stereocenters. The summed E-state index contributed by atoms with van der Waals surface area (Å²) in [5, 5.41) is 3.51. The molecule has 1 aromatic heterocycles. The molecule has 1 amide bonds. The van der Waals surface area contributed by atoms with Crippen LogP contribution < -0.4 is 10.2 Å². The fourth-order valence-electron chi connectivity index (χ4n) is 2.81. The molecule has 0 radical (unpaired) electrons. The second-order valence-electron chi connectivity index (χ2n) is 5.82. The molecule has 2 heterocycles. The maximum Gasteiger partial charge on any atom is 0.229 e. The van der Waals surface area contributed by atoms with E-state index in [-0.39, 0.29) is 11.8 Å². The molecule has 1 fully saturated rings. The van der Waals surface area contributed by atoms with E-state index in [1.54, 1.807) is 18.6 Å². The fraction of sp³-hybridized carbons (Fsp3) is 0.353. The third-order valence-electron chi connectivity index (χ3n) is 4.05. The van der Waals surface area contributed by atoms with Gasteiger partial charge in [0.15, 0.2) is 0 Å². The number of carbonyl (C=O) groups excluding carboxylic acids is 1. The fourth-order valence-corrected chi connectivity index (χ4v) is 3.09. The quantitative estimate of drug-likeness (QED) is 0.938. The van der Waals surface area contributed by atoms with Crippen molar-refractivity contribution in [3.8, 4) is 0 Å². The highest BCUT2D eigenvalue weighted by molar-refractivity contribution is 6.33. The van der Waals surface area contributed by atoms with Crippen LogP contribution in [-0.4, -0.2) is 29.0 Å². The van der Waals surface area contributed by atoms with Gasteiger partial charge in [0.1, 0.15) is 5.82 Å². The summed E-state index contributed by atoms with van der Waals surface area (Å²) in [5.41, 5.74) is 1.73. The summed E-state index contributed by atoms with van der Waals surface area (Å²) in [6, 6.07) is 5.64. The molecule has 1 unspecified atom stereocenters. The van der Waals surface area contributed by atoms with Gasteiger partial charge in [-0.15, -0.1) is 0 Å². The first kappa shape index (κ1) is 15.7. The van der Waals surface area contributed by atoms with Gasteiger partial charge in [-0.05, 0) is 37.5 Å². The van der Waals surface area contributed by atoms with Crippen LogP contribution in [0.5, 0.6) is 0 Å². The number of hydrogen-bond donors (Lipinski definition) is 1. The van der Waals surface area contributed by atoms with Gasteiger partial charge in [-0.25, -0.2) is 4.98 Å². The topological polar surface area (TPSA) is 58.1 Å². The zero-order valence-electron chi connectivity index (χ0n) is 13.0. The van der Waals surface area contributed by atoms with Crippen LogP contribution in [0.4, 0.5) is 11.5 Å². The Morgan fingerprint density at radius 1 is 1.39 bits per heavy atom. The highest BCUT2D eigenvalue weighted by Gasteiger charge is 2.27. The molecular weight excluding hydrogens is 312 g/mol. The standard InChI is InChI=1S/C17H19ClN4O/c1-12-4-5-15(14(18)9-12)21-17(23)13-3-2-8-22(11-13)16-10-19-6-7-20-16/h4-7,9-10,13H,2-3,8,11H2,1H3,(H,21,23). The molecular formula is C17H19ClN4O. The lowest BCUT2D eigenvalue weighted by molar-refractivity contribution is -0.120. The minimum Gasteiger partial charge on any atom is -0.355 e. The second kappa shape index (κ2) is 6.96. The van der Waals surface area contributed by atoms with Crippen molar-refractivity contribution in [1.29, 1.82) is 0 Å². The molecule has 120 valence electrons. The first-order chi connectivity index (χ1) is 11.1. The number of nitrogens with one attached hydrogen (secondary N) is 1. The number of nitrogens with zero attached hydrogens (tertiary/aromatic N) is 3. The highest BCUT2D eigenvalue weighted by Crippen LogP contribution is 2.26. The van der Waals surface area contributed by atoms with E-state index in [2.05, 4.69) is 20.2 Å². The van der Waals surface area contributed by atoms with Crippen molar-refractivity contribution >= 4 is 29.0 Å². The summed E-state index contributed by atoms with van der Waals surface area (Å²) >= 11 is 6.19. The van der Waals surface area contributed by atoms with Gasteiger partial charge in [0.25, 0.3) is 0 Å². The predicted octanol–water partition coefficient (Wildman–Crippen LogP) is 3.29. The van der Waals surface area contributed by atoms with Gasteiger partial charge < -0.3 is 10.2 Å². The van der Waals surface area contributed by atoms with E-state index >= 15 is 0 Å². The minimum atomic E-state index is -0.0804. The maximum absolute atomic E-state index is 12.5. The van der Waals surface area contributed by atoms with E-state index < -0.39 is 0 Å². The number of rotatable bonds is 3. The van der Waals surface area contributed by atoms with Crippen LogP contribution in [0.15, 0.2) is 36.8 Å². The molecule has 0 spiro atoms. The van der Waals surface area contributed by atoms with Crippen molar-refractivity contribution in [3.05, 3.63) is 47.4 Å². The van der Waals surface area contributed by atoms with Crippen molar-refractivity contribution in [1.82, 2.24) is 9.97 Å². The number of anilines is 2. The number of halogens is 1. The average Bonchev–Trinajstić information content (AvgIpc) is 2.58. The smallest absolute Gasteiger partial charge is 0.229 e. The van der Waals surface area contributed by atoms with E-state index in [1.807, 2.05) is 25.1 Å². The normalized spacial score (nSPS) is 17.8. The lowest BCUT2D eigenvalue weighted by Gasteiger charge is -2.32. The number of amides is 1. The summed E-state index contributed by atoms with van der Waals surface area (Å²) in [5.74, 6) is 0.742. The van der Waals surface area contributed by atoms with Crippen LogP contribution in [0.3, 0.4) is 0 Å². The zero-order chi connectivity index (χ0) is 16.2. The Morgan fingerprint density at radius 3 is 3.00 bits per heavy atom. The third-order valence-corrected chi connectivity index (χ3v) is 4.36. The molecule has 0 saturated carbocycles. The van der Waals surface area contributed by atoms with E-state index in [9.17, 15) is 4.79 Å². The maximum atomic E-state index is 12.5. The van der Waals surface area contributed by atoms with Crippen LogP contribution in [0.2, 0.25) is 5.02 Å². The SMILES string of the molecule is Cc1ccc(NC(=O)C2CCCN(c3cnccn3)C2)c(Cl)c1. The molecule has 1 aromatic carbocycles. The molecule has 1 aliphatic rings. The molecule has 2 aromatic rings. The Balaban J connectivity index is 1.67. The van der Waals surface area contributed by atoms with Gasteiger partial charge in [0.2, 0.25) is 5.91 Å². The molecule has 5 nitrogen and oxygen atoms in total. The van der Waals surface area contributed by atoms with Crippen LogP contribution in [0.25, 0.3) is 0 Å². The van der Waals surface area contributed by atoms with Crippen LogP contribution >= 0.6 is 11.6 Å². The van der Waals surface area contributed by atoms with Crippen LogP contribution in [0.1, 0.15) is 18.4 Å². The third kappa shape index (κ3) is 3.79. The number of piperidine rings is 1. The van der Waals surface area contributed by atoms with E-state index in [0.717, 1.165) is 30.8 Å². The Hall–Kier alpha value is -2.14. The highest BCUT2D eigenvalue weighted by atomic mass is 35.5. The van der Waals surface area contributed by atoms with Gasteiger partial charge >= 0.3 is 0 Å². The number of hydrogen-bond acceptors (Lipinski definition) is 4. The molecule has 0 aliphatic carbocycles. The molecule has 23 heavy (non-hydrogen) atoms. The van der Waals surface area contributed by atoms with Crippen molar-refractivity contribution in [3.63, 3.8) is 0 Å². The average molecular weight is 331 g/mol. The molecule has 6 heteroatoms. The van der Waals surface area contributed by atoms with Crippen molar-refractivity contribution < 1.29 is 4.79 Å². The summed E-state index contributed by atoms with van der Waals surface area (Å²) < 4.78 is 0. The van der Waals surface area contributed by atoms with E-state index in [1.165, 1.54) is 0 Å². The van der Waals surface area contributed by atoms with E-state index in [4.69, 9.17) is 11.6 Å². The summed E-state index contributed by atoms with van der Waals surface area (Å²) in [6.45, 7) is 3.51. The monoisotopic (exact) mass is 330 g/mol. The summed E-state index contributed by atoms with van der Waals surface area (Å²) in [4.78, 5) is 23.1. The van der Waals surface area contributed by atoms with Crippen molar-refractivity contribution in [2.24, 2.45) is 5.92 Å². The molecule has 1 aliphatic heterocycles. The molecule has 1 saturated heterocycles. The molecule has 1 N–H and O–H groups in total. The van der Waals surface area contributed by atoms with Gasteiger partial charge in [-0.1, -0.05) is 17.7 Å². The van der Waals surface area contributed by atoms with Gasteiger partial charge in [-0.2, -0.15) is 0 Å². The Bertz CT molecular complexity index is 692. The van der Waals surface area contributed by atoms with Crippen LogP contribution in [-0.2, 0) is 4.79 Å². The van der Waals surface area contributed by atoms with Crippen molar-refractivity contribution in [2.75, 3.05) is 23.3 Å². The lowest BCUT2D eigenvalue weighted by Crippen LogP contribution is -2.41. The van der Waals surface area contributed by atoms with Crippen molar-refractivity contribution in [2.45, 2.75) is 19.8 Å². The zero-order valence-corrected chi connectivity index (χ0v) is 13.8.